The van der Waals surface area contributed by atoms with E-state index in [-0.39, 0.29) is 12.1 Å². The van der Waals surface area contributed by atoms with Crippen LogP contribution in [0.3, 0.4) is 0 Å². The second-order valence-corrected chi connectivity index (χ2v) is 5.23. The molecular formula is C13H15ClN2S. The van der Waals surface area contributed by atoms with Gasteiger partial charge in [-0.05, 0) is 31.5 Å². The topological polar surface area (TPSA) is 24.9 Å². The molecule has 0 radical (unpaired) electrons. The van der Waals surface area contributed by atoms with Gasteiger partial charge in [0.2, 0.25) is 0 Å². The van der Waals surface area contributed by atoms with Crippen LogP contribution in [0.1, 0.15) is 37.2 Å². The van der Waals surface area contributed by atoms with Gasteiger partial charge in [0.25, 0.3) is 0 Å². The first-order chi connectivity index (χ1) is 8.16. The largest absolute Gasteiger partial charge is 0.302 e. The van der Waals surface area contributed by atoms with Gasteiger partial charge in [0.15, 0.2) is 0 Å². The van der Waals surface area contributed by atoms with E-state index in [0.717, 1.165) is 10.7 Å². The van der Waals surface area contributed by atoms with Crippen LogP contribution in [-0.2, 0) is 0 Å². The van der Waals surface area contributed by atoms with Gasteiger partial charge in [0, 0.05) is 22.5 Å². The van der Waals surface area contributed by atoms with Gasteiger partial charge in [-0.15, -0.1) is 11.3 Å². The highest BCUT2D eigenvalue weighted by Gasteiger charge is 2.12. The molecule has 0 saturated heterocycles. The molecule has 4 heteroatoms. The molecule has 2 rings (SSSR count). The summed E-state index contributed by atoms with van der Waals surface area (Å²) in [6, 6.07) is 8.48. The molecule has 1 N–H and O–H groups in total. The zero-order valence-electron chi connectivity index (χ0n) is 9.85. The molecule has 0 bridgehead atoms. The summed E-state index contributed by atoms with van der Waals surface area (Å²) >= 11 is 7.50. The third kappa shape index (κ3) is 3.28. The van der Waals surface area contributed by atoms with E-state index in [2.05, 4.69) is 29.5 Å². The van der Waals surface area contributed by atoms with E-state index in [1.54, 1.807) is 11.3 Å². The SMILES string of the molecule is CC(NC(C)c1cscn1)c1ccc(Cl)cc1. The fourth-order valence-corrected chi connectivity index (χ4v) is 2.52. The minimum absolute atomic E-state index is 0.256. The lowest BCUT2D eigenvalue weighted by Crippen LogP contribution is -2.22. The van der Waals surface area contributed by atoms with Gasteiger partial charge in [-0.2, -0.15) is 0 Å². The Morgan fingerprint density at radius 2 is 1.88 bits per heavy atom. The summed E-state index contributed by atoms with van der Waals surface area (Å²) in [5, 5.41) is 6.37. The highest BCUT2D eigenvalue weighted by molar-refractivity contribution is 7.07. The average Bonchev–Trinajstić information content (AvgIpc) is 2.83. The van der Waals surface area contributed by atoms with Gasteiger partial charge in [0.1, 0.15) is 0 Å². The Bertz CT molecular complexity index is 453. The molecule has 17 heavy (non-hydrogen) atoms. The first kappa shape index (κ1) is 12.6. The van der Waals surface area contributed by atoms with E-state index in [1.165, 1.54) is 5.56 Å². The Balaban J connectivity index is 2.01. The molecule has 0 fully saturated rings. The maximum atomic E-state index is 5.87. The molecule has 2 atom stereocenters. The van der Waals surface area contributed by atoms with Crippen molar-refractivity contribution in [3.8, 4) is 0 Å². The number of thiazole rings is 1. The number of aromatic nitrogens is 1. The summed E-state index contributed by atoms with van der Waals surface area (Å²) in [5.74, 6) is 0. The van der Waals surface area contributed by atoms with E-state index in [9.17, 15) is 0 Å². The zero-order chi connectivity index (χ0) is 12.3. The molecule has 90 valence electrons. The van der Waals surface area contributed by atoms with Crippen LogP contribution in [0.2, 0.25) is 5.02 Å². The predicted octanol–water partition coefficient (Wildman–Crippen LogP) is 4.21. The molecule has 0 spiro atoms. The van der Waals surface area contributed by atoms with Gasteiger partial charge in [-0.25, -0.2) is 4.98 Å². The van der Waals surface area contributed by atoms with Crippen LogP contribution in [0, 0.1) is 0 Å². The smallest absolute Gasteiger partial charge is 0.0795 e. The lowest BCUT2D eigenvalue weighted by molar-refractivity contribution is 0.488. The fraction of sp³-hybridized carbons (Fsp3) is 0.308. The van der Waals surface area contributed by atoms with Crippen LogP contribution in [0.5, 0.6) is 0 Å². The van der Waals surface area contributed by atoms with Crippen molar-refractivity contribution in [2.75, 3.05) is 0 Å². The summed E-state index contributed by atoms with van der Waals surface area (Å²) in [4.78, 5) is 4.31. The number of rotatable bonds is 4. The molecule has 2 nitrogen and oxygen atoms in total. The summed E-state index contributed by atoms with van der Waals surface area (Å²) < 4.78 is 0. The summed E-state index contributed by atoms with van der Waals surface area (Å²) in [6.45, 7) is 4.27. The number of hydrogen-bond acceptors (Lipinski definition) is 3. The first-order valence-electron chi connectivity index (χ1n) is 5.56. The van der Waals surface area contributed by atoms with Crippen molar-refractivity contribution < 1.29 is 0 Å². The van der Waals surface area contributed by atoms with Gasteiger partial charge < -0.3 is 5.32 Å². The van der Waals surface area contributed by atoms with Gasteiger partial charge >= 0.3 is 0 Å². The number of benzene rings is 1. The Labute approximate surface area is 111 Å². The van der Waals surface area contributed by atoms with E-state index >= 15 is 0 Å². The van der Waals surface area contributed by atoms with Crippen molar-refractivity contribution in [1.82, 2.24) is 10.3 Å². The fourth-order valence-electron chi connectivity index (χ4n) is 1.74. The van der Waals surface area contributed by atoms with Crippen molar-refractivity contribution >= 4 is 22.9 Å². The van der Waals surface area contributed by atoms with Crippen LogP contribution in [0.25, 0.3) is 0 Å². The molecular weight excluding hydrogens is 252 g/mol. The minimum atomic E-state index is 0.256. The zero-order valence-corrected chi connectivity index (χ0v) is 11.4. The summed E-state index contributed by atoms with van der Waals surface area (Å²) in [6.07, 6.45) is 0. The van der Waals surface area contributed by atoms with Gasteiger partial charge in [-0.3, -0.25) is 0 Å². The minimum Gasteiger partial charge on any atom is -0.302 e. The Hall–Kier alpha value is -0.900. The third-order valence-electron chi connectivity index (χ3n) is 2.77. The molecule has 0 aliphatic rings. The second kappa shape index (κ2) is 5.63. The number of nitrogens with one attached hydrogen (secondary N) is 1. The lowest BCUT2D eigenvalue weighted by Gasteiger charge is -2.19. The number of halogens is 1. The second-order valence-electron chi connectivity index (χ2n) is 4.07. The maximum absolute atomic E-state index is 5.87. The van der Waals surface area contributed by atoms with Crippen LogP contribution in [0.15, 0.2) is 35.2 Å². The lowest BCUT2D eigenvalue weighted by atomic mass is 10.1. The Morgan fingerprint density at radius 3 is 2.47 bits per heavy atom. The van der Waals surface area contributed by atoms with Gasteiger partial charge in [0.05, 0.1) is 11.2 Å². The predicted molar refractivity (Wildman–Crippen MR) is 73.5 cm³/mol. The van der Waals surface area contributed by atoms with E-state index in [1.807, 2.05) is 29.8 Å². The molecule has 2 unspecified atom stereocenters. The van der Waals surface area contributed by atoms with Crippen molar-refractivity contribution in [3.63, 3.8) is 0 Å². The van der Waals surface area contributed by atoms with Crippen molar-refractivity contribution in [2.45, 2.75) is 25.9 Å². The van der Waals surface area contributed by atoms with E-state index in [4.69, 9.17) is 11.6 Å². The standard InChI is InChI=1S/C13H15ClN2S/c1-9(11-3-5-12(14)6-4-11)16-10(2)13-7-17-8-15-13/h3-10,16H,1-2H3. The normalized spacial score (nSPS) is 14.5. The molecule has 0 amide bonds. The molecule has 1 heterocycles. The summed E-state index contributed by atoms with van der Waals surface area (Å²) in [7, 11) is 0. The van der Waals surface area contributed by atoms with Crippen molar-refractivity contribution in [1.29, 1.82) is 0 Å². The highest BCUT2D eigenvalue weighted by atomic mass is 35.5. The van der Waals surface area contributed by atoms with E-state index in [0.29, 0.717) is 0 Å². The molecule has 1 aromatic carbocycles. The van der Waals surface area contributed by atoms with Crippen LogP contribution >= 0.6 is 22.9 Å². The number of hydrogen-bond donors (Lipinski definition) is 1. The molecule has 0 saturated carbocycles. The highest BCUT2D eigenvalue weighted by Crippen LogP contribution is 2.20. The van der Waals surface area contributed by atoms with Crippen LogP contribution in [-0.4, -0.2) is 4.98 Å². The van der Waals surface area contributed by atoms with Crippen molar-refractivity contribution in [3.05, 3.63) is 51.4 Å². The summed E-state index contributed by atoms with van der Waals surface area (Å²) in [5.41, 5.74) is 4.19. The Morgan fingerprint density at radius 1 is 1.18 bits per heavy atom. The Kier molecular flexibility index (Phi) is 4.15. The van der Waals surface area contributed by atoms with Crippen LogP contribution < -0.4 is 5.32 Å². The quantitative estimate of drug-likeness (QED) is 0.897. The van der Waals surface area contributed by atoms with Crippen LogP contribution in [0.4, 0.5) is 0 Å². The number of nitrogens with zero attached hydrogens (tertiary/aromatic N) is 1. The molecule has 0 aliphatic heterocycles. The van der Waals surface area contributed by atoms with E-state index < -0.39 is 0 Å². The molecule has 1 aromatic heterocycles. The maximum Gasteiger partial charge on any atom is 0.0795 e. The third-order valence-corrected chi connectivity index (χ3v) is 3.62. The van der Waals surface area contributed by atoms with Crippen molar-refractivity contribution in [2.24, 2.45) is 0 Å². The molecule has 2 aromatic rings. The average molecular weight is 267 g/mol. The molecule has 0 aliphatic carbocycles. The van der Waals surface area contributed by atoms with Gasteiger partial charge in [-0.1, -0.05) is 23.7 Å². The first-order valence-corrected chi connectivity index (χ1v) is 6.88. The monoisotopic (exact) mass is 266 g/mol.